The molecule has 0 saturated carbocycles. The molecule has 176 valence electrons. The van der Waals surface area contributed by atoms with E-state index in [0.29, 0.717) is 18.7 Å². The van der Waals surface area contributed by atoms with Crippen LogP contribution in [-0.2, 0) is 23.0 Å². The van der Waals surface area contributed by atoms with Crippen LogP contribution in [0.3, 0.4) is 0 Å². The van der Waals surface area contributed by atoms with Crippen LogP contribution in [-0.4, -0.2) is 56.3 Å². The molecular weight excluding hydrogens is 470 g/mol. The molecule has 0 aliphatic carbocycles. The number of fused-ring (bicyclic) bond motifs is 1. The molecule has 3 aromatic rings. The summed E-state index contributed by atoms with van der Waals surface area (Å²) in [4.78, 5) is 17.2. The first-order chi connectivity index (χ1) is 16.4. The van der Waals surface area contributed by atoms with Gasteiger partial charge in [0.1, 0.15) is 4.90 Å². The molecule has 2 heterocycles. The second kappa shape index (κ2) is 9.41. The minimum absolute atomic E-state index is 0.0784. The number of piperazine rings is 1. The van der Waals surface area contributed by atoms with Crippen LogP contribution in [0.1, 0.15) is 21.5 Å². The Labute approximate surface area is 205 Å². The van der Waals surface area contributed by atoms with Gasteiger partial charge < -0.3 is 9.80 Å². The summed E-state index contributed by atoms with van der Waals surface area (Å²) in [5.41, 5.74) is 4.46. The summed E-state index contributed by atoms with van der Waals surface area (Å²) in [6.07, 6.45) is 1.01. The van der Waals surface area contributed by atoms with E-state index in [0.717, 1.165) is 25.2 Å². The highest BCUT2D eigenvalue weighted by Gasteiger charge is 2.31. The van der Waals surface area contributed by atoms with Gasteiger partial charge in [-0.2, -0.15) is 4.31 Å². The minimum Gasteiger partial charge on any atom is -0.367 e. The predicted octanol–water partition coefficient (Wildman–Crippen LogP) is 4.05. The number of benzene rings is 3. The molecule has 0 aromatic heterocycles. The maximum absolute atomic E-state index is 13.1. The van der Waals surface area contributed by atoms with Crippen LogP contribution in [0.2, 0.25) is 5.02 Å². The lowest BCUT2D eigenvalue weighted by Crippen LogP contribution is -2.50. The molecule has 0 atom stereocenters. The van der Waals surface area contributed by atoms with Crippen LogP contribution < -0.4 is 4.90 Å². The first-order valence-electron chi connectivity index (χ1n) is 11.4. The standard InChI is InChI=1S/C26H26ClN3O3S/c27-24-7-3-4-8-25(24)34(32,33)30-17-15-28(16-18-30)26(31)21-9-11-23(12-10-21)29-14-13-20-5-1-2-6-22(20)19-29/h1-12H,13-19H2. The van der Waals surface area contributed by atoms with E-state index in [1.165, 1.54) is 21.5 Å². The van der Waals surface area contributed by atoms with Crippen molar-refractivity contribution < 1.29 is 13.2 Å². The topological polar surface area (TPSA) is 60.9 Å². The Morgan fingerprint density at radius 3 is 2.12 bits per heavy atom. The Hall–Kier alpha value is -2.87. The second-order valence-electron chi connectivity index (χ2n) is 8.61. The van der Waals surface area contributed by atoms with Crippen LogP contribution in [0.15, 0.2) is 77.7 Å². The van der Waals surface area contributed by atoms with E-state index in [4.69, 9.17) is 11.6 Å². The highest BCUT2D eigenvalue weighted by Crippen LogP contribution is 2.27. The molecule has 1 amide bonds. The van der Waals surface area contributed by atoms with Crippen LogP contribution in [0.25, 0.3) is 0 Å². The van der Waals surface area contributed by atoms with E-state index >= 15 is 0 Å². The highest BCUT2D eigenvalue weighted by molar-refractivity contribution is 7.89. The molecule has 0 radical (unpaired) electrons. The molecule has 6 nitrogen and oxygen atoms in total. The number of anilines is 1. The van der Waals surface area contributed by atoms with E-state index in [9.17, 15) is 13.2 Å². The second-order valence-corrected chi connectivity index (χ2v) is 10.9. The number of amides is 1. The Bertz CT molecular complexity index is 1300. The third-order valence-electron chi connectivity index (χ3n) is 6.59. The van der Waals surface area contributed by atoms with E-state index < -0.39 is 10.0 Å². The van der Waals surface area contributed by atoms with Gasteiger partial charge in [-0.15, -0.1) is 0 Å². The van der Waals surface area contributed by atoms with E-state index in [1.807, 2.05) is 24.3 Å². The van der Waals surface area contributed by atoms with Gasteiger partial charge in [0.15, 0.2) is 0 Å². The van der Waals surface area contributed by atoms with E-state index in [1.54, 1.807) is 23.1 Å². The molecule has 0 N–H and O–H groups in total. The highest BCUT2D eigenvalue weighted by atomic mass is 35.5. The van der Waals surface area contributed by atoms with Crippen LogP contribution in [0.5, 0.6) is 0 Å². The number of carbonyl (C=O) groups is 1. The smallest absolute Gasteiger partial charge is 0.253 e. The summed E-state index contributed by atoms with van der Waals surface area (Å²) < 4.78 is 27.3. The number of hydrogen-bond acceptors (Lipinski definition) is 4. The van der Waals surface area contributed by atoms with Gasteiger partial charge in [-0.05, 0) is 53.9 Å². The third-order valence-corrected chi connectivity index (χ3v) is 8.99. The molecule has 0 bridgehead atoms. The average molecular weight is 496 g/mol. The molecule has 2 aliphatic rings. The van der Waals surface area contributed by atoms with Gasteiger partial charge in [0.2, 0.25) is 10.0 Å². The molecule has 34 heavy (non-hydrogen) atoms. The number of sulfonamides is 1. The lowest BCUT2D eigenvalue weighted by atomic mass is 9.99. The fraction of sp³-hybridized carbons (Fsp3) is 0.269. The first kappa shape index (κ1) is 22.9. The Balaban J connectivity index is 1.22. The molecular formula is C26H26ClN3O3S. The van der Waals surface area contributed by atoms with Crippen molar-refractivity contribution in [1.29, 1.82) is 0 Å². The van der Waals surface area contributed by atoms with E-state index in [-0.39, 0.29) is 28.9 Å². The fourth-order valence-electron chi connectivity index (χ4n) is 4.64. The molecule has 1 fully saturated rings. The minimum atomic E-state index is -3.69. The van der Waals surface area contributed by atoms with E-state index in [2.05, 4.69) is 29.2 Å². The van der Waals surface area contributed by atoms with Gasteiger partial charge in [-0.25, -0.2) is 8.42 Å². The van der Waals surface area contributed by atoms with Crippen LogP contribution in [0, 0.1) is 0 Å². The zero-order chi connectivity index (χ0) is 23.7. The normalized spacial score (nSPS) is 16.9. The van der Waals surface area contributed by atoms with Crippen molar-refractivity contribution in [1.82, 2.24) is 9.21 Å². The number of rotatable bonds is 4. The molecule has 8 heteroatoms. The first-order valence-corrected chi connectivity index (χ1v) is 13.2. The molecule has 0 unspecified atom stereocenters. The van der Waals surface area contributed by atoms with Gasteiger partial charge in [0, 0.05) is 50.5 Å². The number of halogens is 1. The Morgan fingerprint density at radius 2 is 1.41 bits per heavy atom. The van der Waals surface area contributed by atoms with Crippen molar-refractivity contribution in [2.75, 3.05) is 37.6 Å². The lowest BCUT2D eigenvalue weighted by molar-refractivity contribution is 0.0698. The third kappa shape index (κ3) is 4.43. The molecule has 1 saturated heterocycles. The van der Waals surface area contributed by atoms with Crippen molar-refractivity contribution in [2.24, 2.45) is 0 Å². The van der Waals surface area contributed by atoms with Crippen LogP contribution >= 0.6 is 11.6 Å². The predicted molar refractivity (Wildman–Crippen MR) is 134 cm³/mol. The summed E-state index contributed by atoms with van der Waals surface area (Å²) in [5.74, 6) is -0.0784. The van der Waals surface area contributed by atoms with Crippen molar-refractivity contribution in [2.45, 2.75) is 17.9 Å². The molecule has 5 rings (SSSR count). The maximum atomic E-state index is 13.1. The van der Waals surface area contributed by atoms with Crippen molar-refractivity contribution in [3.05, 3.63) is 94.5 Å². The maximum Gasteiger partial charge on any atom is 0.253 e. The summed E-state index contributed by atoms with van der Waals surface area (Å²) >= 11 is 6.11. The Kier molecular flexibility index (Phi) is 6.34. The fourth-order valence-corrected chi connectivity index (χ4v) is 6.55. The van der Waals surface area contributed by atoms with Gasteiger partial charge in [0.05, 0.1) is 5.02 Å². The SMILES string of the molecule is O=C(c1ccc(N2CCc3ccccc3C2)cc1)N1CCN(S(=O)(=O)c2ccccc2Cl)CC1. The largest absolute Gasteiger partial charge is 0.367 e. The van der Waals surface area contributed by atoms with Gasteiger partial charge in [0.25, 0.3) is 5.91 Å². The van der Waals surface area contributed by atoms with Gasteiger partial charge in [-0.3, -0.25) is 4.79 Å². The van der Waals surface area contributed by atoms with Crippen molar-refractivity contribution >= 4 is 33.2 Å². The monoisotopic (exact) mass is 495 g/mol. The van der Waals surface area contributed by atoms with Crippen molar-refractivity contribution in [3.8, 4) is 0 Å². The zero-order valence-electron chi connectivity index (χ0n) is 18.7. The van der Waals surface area contributed by atoms with Gasteiger partial charge in [-0.1, -0.05) is 48.0 Å². The summed E-state index contributed by atoms with van der Waals surface area (Å²) in [6, 6.07) is 22.7. The Morgan fingerprint density at radius 1 is 0.765 bits per heavy atom. The number of hydrogen-bond donors (Lipinski definition) is 0. The zero-order valence-corrected chi connectivity index (χ0v) is 20.3. The summed E-state index contributed by atoms with van der Waals surface area (Å²) in [6.45, 7) is 2.98. The molecule has 3 aromatic carbocycles. The quantitative estimate of drug-likeness (QED) is 0.548. The summed E-state index contributed by atoms with van der Waals surface area (Å²) in [5, 5.41) is 0.207. The van der Waals surface area contributed by atoms with Crippen LogP contribution in [0.4, 0.5) is 5.69 Å². The molecule has 0 spiro atoms. The molecule has 2 aliphatic heterocycles. The lowest BCUT2D eigenvalue weighted by Gasteiger charge is -2.34. The van der Waals surface area contributed by atoms with Gasteiger partial charge >= 0.3 is 0 Å². The number of carbonyl (C=O) groups excluding carboxylic acids is 1. The summed E-state index contributed by atoms with van der Waals surface area (Å²) in [7, 11) is -3.69. The number of nitrogens with zero attached hydrogens (tertiary/aromatic N) is 3. The average Bonchev–Trinajstić information content (AvgIpc) is 2.88. The van der Waals surface area contributed by atoms with Crippen molar-refractivity contribution in [3.63, 3.8) is 0 Å².